The largest absolute Gasteiger partial charge is 0.344 e. The normalized spacial score (nSPS) is 10.7. The number of aromatic nitrogens is 1. The minimum atomic E-state index is 0.246. The van der Waals surface area contributed by atoms with Gasteiger partial charge >= 0.3 is 5.69 Å². The summed E-state index contributed by atoms with van der Waals surface area (Å²) in [6.45, 7) is 0.389. The van der Waals surface area contributed by atoms with Crippen LogP contribution in [0.5, 0.6) is 0 Å². The Hall–Kier alpha value is -2.34. The number of benzene rings is 1. The maximum Gasteiger partial charge on any atom is 0.344 e. The topological polar surface area (TPSA) is 66.9 Å². The van der Waals surface area contributed by atoms with E-state index in [4.69, 9.17) is 11.6 Å². The molecule has 0 saturated carbocycles. The highest BCUT2D eigenvalue weighted by atomic mass is 35.5. The molecular formula is C13H12ClN4O2+. The van der Waals surface area contributed by atoms with Crippen LogP contribution in [0.1, 0.15) is 5.56 Å². The molecule has 1 aromatic carbocycles. The third-order valence-corrected chi connectivity index (χ3v) is 2.72. The first-order valence-electron chi connectivity index (χ1n) is 5.78. The van der Waals surface area contributed by atoms with Gasteiger partial charge in [-0.3, -0.25) is 4.98 Å². The highest BCUT2D eigenvalue weighted by molar-refractivity contribution is 6.30. The van der Waals surface area contributed by atoms with Crippen LogP contribution in [0, 0.1) is 4.91 Å². The molecule has 0 aliphatic rings. The van der Waals surface area contributed by atoms with Crippen LogP contribution in [0.25, 0.3) is 0 Å². The van der Waals surface area contributed by atoms with E-state index in [0.717, 1.165) is 5.56 Å². The number of nitrogens with zero attached hydrogens (tertiary/aromatic N) is 4. The number of rotatable bonds is 5. The van der Waals surface area contributed by atoms with Gasteiger partial charge in [0.05, 0.1) is 11.5 Å². The first-order chi connectivity index (χ1) is 9.70. The van der Waals surface area contributed by atoms with Crippen LogP contribution in [0.2, 0.25) is 5.02 Å². The Morgan fingerprint density at radius 3 is 2.75 bits per heavy atom. The highest BCUT2D eigenvalue weighted by Gasteiger charge is 2.20. The Labute approximate surface area is 120 Å². The molecule has 0 radical (unpaired) electrons. The number of hydrogen-bond donors (Lipinski definition) is 0. The molecule has 0 aliphatic heterocycles. The summed E-state index contributed by atoms with van der Waals surface area (Å²) in [6.07, 6.45) is 3.36. The van der Waals surface area contributed by atoms with E-state index in [1.54, 1.807) is 24.5 Å². The van der Waals surface area contributed by atoms with Crippen molar-refractivity contribution in [2.45, 2.75) is 6.54 Å². The van der Waals surface area contributed by atoms with Gasteiger partial charge in [0, 0.05) is 23.5 Å². The molecule has 0 N–H and O–H groups in total. The summed E-state index contributed by atoms with van der Waals surface area (Å²) >= 11 is 5.89. The van der Waals surface area contributed by atoms with Crippen LogP contribution in [-0.2, 0) is 11.4 Å². The van der Waals surface area contributed by atoms with Crippen molar-refractivity contribution in [1.82, 2.24) is 4.98 Å². The number of halogens is 1. The van der Waals surface area contributed by atoms with Crippen LogP contribution >= 0.6 is 11.6 Å². The van der Waals surface area contributed by atoms with Crippen LogP contribution in [0.4, 0.5) is 11.4 Å². The van der Waals surface area contributed by atoms with Gasteiger partial charge in [0.25, 0.3) is 4.92 Å². The van der Waals surface area contributed by atoms with Crippen molar-refractivity contribution in [3.8, 4) is 0 Å². The maximum absolute atomic E-state index is 11.5. The van der Waals surface area contributed by atoms with Crippen LogP contribution in [0.3, 0.4) is 0 Å². The standard InChI is InChI=1S/C13H12ClN4O2/c1-20-18(19)13-3-2-11(14)8-12(13)17-16-9-10-4-6-15-7-5-10/h2-8H,9H2,1H3/q+1. The van der Waals surface area contributed by atoms with E-state index in [2.05, 4.69) is 20.1 Å². The Morgan fingerprint density at radius 2 is 2.05 bits per heavy atom. The van der Waals surface area contributed by atoms with Crippen molar-refractivity contribution in [3.63, 3.8) is 0 Å². The lowest BCUT2D eigenvalue weighted by Gasteiger charge is -1.96. The van der Waals surface area contributed by atoms with Gasteiger partial charge in [-0.05, 0) is 29.8 Å². The molecule has 102 valence electrons. The van der Waals surface area contributed by atoms with E-state index in [1.807, 2.05) is 12.1 Å². The van der Waals surface area contributed by atoms with Crippen LogP contribution in [0.15, 0.2) is 53.0 Å². The quantitative estimate of drug-likeness (QED) is 0.618. The first kappa shape index (κ1) is 14.1. The van der Waals surface area contributed by atoms with E-state index in [-0.39, 0.29) is 5.69 Å². The molecule has 0 unspecified atom stereocenters. The summed E-state index contributed by atoms with van der Waals surface area (Å²) < 4.78 is 0. The molecule has 1 heterocycles. The summed E-state index contributed by atoms with van der Waals surface area (Å²) in [5.41, 5.74) is 1.57. The lowest BCUT2D eigenvalue weighted by atomic mass is 10.3. The van der Waals surface area contributed by atoms with E-state index in [9.17, 15) is 4.91 Å². The fourth-order valence-corrected chi connectivity index (χ4v) is 1.68. The zero-order chi connectivity index (χ0) is 14.4. The van der Waals surface area contributed by atoms with Gasteiger partial charge in [0.2, 0.25) is 0 Å². The van der Waals surface area contributed by atoms with Crippen molar-refractivity contribution in [2.24, 2.45) is 10.2 Å². The SMILES string of the molecule is CO[N+](=O)c1ccc(Cl)cc1N=NCc1ccncc1. The molecule has 0 fully saturated rings. The lowest BCUT2D eigenvalue weighted by Crippen LogP contribution is -1.97. The van der Waals surface area contributed by atoms with E-state index < -0.39 is 0 Å². The molecule has 0 aliphatic carbocycles. The number of azo groups is 1. The molecule has 0 amide bonds. The van der Waals surface area contributed by atoms with Gasteiger partial charge in [0.15, 0.2) is 12.8 Å². The Morgan fingerprint density at radius 1 is 1.30 bits per heavy atom. The minimum Gasteiger partial charge on any atom is -0.265 e. The molecule has 0 spiro atoms. The van der Waals surface area contributed by atoms with Crippen molar-refractivity contribution in [2.75, 3.05) is 7.11 Å². The highest BCUT2D eigenvalue weighted by Crippen LogP contribution is 2.30. The van der Waals surface area contributed by atoms with Crippen molar-refractivity contribution in [1.29, 1.82) is 0 Å². The Bertz CT molecular complexity index is 632. The molecule has 1 aromatic heterocycles. The third kappa shape index (κ3) is 3.58. The number of pyridine rings is 1. The number of hydrogen-bond acceptors (Lipinski definition) is 5. The second-order valence-electron chi connectivity index (χ2n) is 3.83. The third-order valence-electron chi connectivity index (χ3n) is 2.48. The zero-order valence-corrected chi connectivity index (χ0v) is 11.5. The monoisotopic (exact) mass is 291 g/mol. The first-order valence-corrected chi connectivity index (χ1v) is 6.16. The molecule has 0 saturated heterocycles. The van der Waals surface area contributed by atoms with Crippen LogP contribution in [-0.4, -0.2) is 17.0 Å². The smallest absolute Gasteiger partial charge is 0.265 e. The van der Waals surface area contributed by atoms with Gasteiger partial charge in [-0.2, -0.15) is 5.11 Å². The molecule has 6 nitrogen and oxygen atoms in total. The second kappa shape index (κ2) is 6.72. The van der Waals surface area contributed by atoms with Gasteiger partial charge in [-0.25, -0.2) is 4.84 Å². The van der Waals surface area contributed by atoms with Crippen LogP contribution < -0.4 is 0 Å². The average molecular weight is 292 g/mol. The molecule has 2 aromatic rings. The van der Waals surface area contributed by atoms with Crippen molar-refractivity contribution in [3.05, 3.63) is 58.2 Å². The average Bonchev–Trinajstić information content (AvgIpc) is 2.48. The van der Waals surface area contributed by atoms with Gasteiger partial charge in [0.1, 0.15) is 0 Å². The lowest BCUT2D eigenvalue weighted by molar-refractivity contribution is -0.736. The predicted octanol–water partition coefficient (Wildman–Crippen LogP) is 3.99. The predicted molar refractivity (Wildman–Crippen MR) is 74.2 cm³/mol. The summed E-state index contributed by atoms with van der Waals surface area (Å²) in [7, 11) is 1.28. The van der Waals surface area contributed by atoms with Gasteiger partial charge in [-0.1, -0.05) is 11.6 Å². The molecule has 0 atom stereocenters. The molecular weight excluding hydrogens is 280 g/mol. The summed E-state index contributed by atoms with van der Waals surface area (Å²) in [4.78, 5) is 20.4. The second-order valence-corrected chi connectivity index (χ2v) is 4.26. The zero-order valence-electron chi connectivity index (χ0n) is 10.7. The molecule has 2 rings (SSSR count). The minimum absolute atomic E-state index is 0.246. The van der Waals surface area contributed by atoms with E-state index in [1.165, 1.54) is 13.2 Å². The van der Waals surface area contributed by atoms with Gasteiger partial charge < -0.3 is 0 Å². The van der Waals surface area contributed by atoms with E-state index in [0.29, 0.717) is 22.2 Å². The van der Waals surface area contributed by atoms with E-state index >= 15 is 0 Å². The maximum atomic E-state index is 11.5. The fraction of sp³-hybridized carbons (Fsp3) is 0.154. The Kier molecular flexibility index (Phi) is 4.73. The summed E-state index contributed by atoms with van der Waals surface area (Å²) in [6, 6.07) is 8.35. The van der Waals surface area contributed by atoms with Crippen molar-refractivity contribution >= 4 is 23.0 Å². The Balaban J connectivity index is 2.19. The summed E-state index contributed by atoms with van der Waals surface area (Å²) in [5, 5.41) is 8.55. The van der Waals surface area contributed by atoms with Crippen molar-refractivity contribution < 1.29 is 9.76 Å². The molecule has 20 heavy (non-hydrogen) atoms. The fourth-order valence-electron chi connectivity index (χ4n) is 1.51. The summed E-state index contributed by atoms with van der Waals surface area (Å²) in [5.74, 6) is 0. The molecule has 7 heteroatoms. The van der Waals surface area contributed by atoms with Gasteiger partial charge in [-0.15, -0.1) is 5.11 Å². The molecule has 0 bridgehead atoms.